The molecule has 0 radical (unpaired) electrons. The SMILES string of the molecule is CCCN(CCC)S(=O)(=O)C(F)(F)F. The molecule has 14 heavy (non-hydrogen) atoms. The summed E-state index contributed by atoms with van der Waals surface area (Å²) in [6.45, 7) is 3.09. The summed E-state index contributed by atoms with van der Waals surface area (Å²) in [5.74, 6) is 0. The van der Waals surface area contributed by atoms with Crippen LogP contribution in [-0.2, 0) is 10.0 Å². The summed E-state index contributed by atoms with van der Waals surface area (Å²) in [7, 11) is -5.13. The Morgan fingerprint density at radius 1 is 1.07 bits per heavy atom. The molecular weight excluding hydrogens is 219 g/mol. The van der Waals surface area contributed by atoms with Crippen molar-refractivity contribution >= 4 is 10.0 Å². The Morgan fingerprint density at radius 2 is 1.43 bits per heavy atom. The van der Waals surface area contributed by atoms with Gasteiger partial charge in [-0.25, -0.2) is 8.42 Å². The molecule has 0 atom stereocenters. The van der Waals surface area contributed by atoms with Gasteiger partial charge < -0.3 is 0 Å². The van der Waals surface area contributed by atoms with Crippen LogP contribution in [0.1, 0.15) is 26.7 Å². The van der Waals surface area contributed by atoms with Gasteiger partial charge in [0.05, 0.1) is 0 Å². The Bertz CT molecular complexity index is 255. The zero-order valence-electron chi connectivity index (χ0n) is 8.13. The summed E-state index contributed by atoms with van der Waals surface area (Å²) in [5, 5.41) is 0. The maximum atomic E-state index is 12.1. The number of sulfonamides is 1. The molecule has 0 aliphatic carbocycles. The summed E-state index contributed by atoms with van der Waals surface area (Å²) in [4.78, 5) is 0. The topological polar surface area (TPSA) is 37.4 Å². The highest BCUT2D eigenvalue weighted by Gasteiger charge is 2.49. The van der Waals surface area contributed by atoms with Crippen LogP contribution in [0.25, 0.3) is 0 Å². The van der Waals surface area contributed by atoms with Crippen LogP contribution in [0.5, 0.6) is 0 Å². The van der Waals surface area contributed by atoms with Crippen LogP contribution in [0.4, 0.5) is 13.2 Å². The van der Waals surface area contributed by atoms with E-state index in [1.54, 1.807) is 13.8 Å². The second-order valence-electron chi connectivity index (χ2n) is 2.85. The fourth-order valence-electron chi connectivity index (χ4n) is 0.997. The van der Waals surface area contributed by atoms with Gasteiger partial charge in [-0.05, 0) is 12.8 Å². The van der Waals surface area contributed by atoms with E-state index in [-0.39, 0.29) is 13.1 Å². The smallest absolute Gasteiger partial charge is 0.203 e. The van der Waals surface area contributed by atoms with E-state index in [0.717, 1.165) is 0 Å². The van der Waals surface area contributed by atoms with Crippen molar-refractivity contribution in [1.82, 2.24) is 4.31 Å². The number of hydrogen-bond acceptors (Lipinski definition) is 2. The third kappa shape index (κ3) is 3.13. The van der Waals surface area contributed by atoms with Crippen LogP contribution >= 0.6 is 0 Å². The maximum Gasteiger partial charge on any atom is 0.511 e. The summed E-state index contributed by atoms with van der Waals surface area (Å²) >= 11 is 0. The summed E-state index contributed by atoms with van der Waals surface area (Å²) in [6, 6.07) is 0. The lowest BCUT2D eigenvalue weighted by Gasteiger charge is -2.21. The average molecular weight is 233 g/mol. The molecule has 0 rings (SSSR count). The van der Waals surface area contributed by atoms with Crippen molar-refractivity contribution in [2.24, 2.45) is 0 Å². The molecule has 0 aromatic rings. The van der Waals surface area contributed by atoms with Gasteiger partial charge >= 0.3 is 15.5 Å². The van der Waals surface area contributed by atoms with Crippen molar-refractivity contribution in [2.45, 2.75) is 32.2 Å². The van der Waals surface area contributed by atoms with Gasteiger partial charge in [0.15, 0.2) is 0 Å². The van der Waals surface area contributed by atoms with Gasteiger partial charge in [-0.15, -0.1) is 0 Å². The fourth-order valence-corrected chi connectivity index (χ4v) is 2.14. The molecule has 86 valence electrons. The van der Waals surface area contributed by atoms with Gasteiger partial charge in [-0.1, -0.05) is 13.8 Å². The predicted octanol–water partition coefficient (Wildman–Crippen LogP) is 1.96. The predicted molar refractivity (Wildman–Crippen MR) is 47.1 cm³/mol. The van der Waals surface area contributed by atoms with Crippen molar-refractivity contribution in [3.8, 4) is 0 Å². The third-order valence-electron chi connectivity index (χ3n) is 1.58. The summed E-state index contributed by atoms with van der Waals surface area (Å²) in [5.41, 5.74) is -5.18. The number of halogens is 3. The Morgan fingerprint density at radius 3 is 1.64 bits per heavy atom. The molecule has 0 aliphatic heterocycles. The van der Waals surface area contributed by atoms with Crippen LogP contribution in [0.2, 0.25) is 0 Å². The number of hydrogen-bond donors (Lipinski definition) is 0. The first kappa shape index (κ1) is 13.7. The molecule has 0 bridgehead atoms. The quantitative estimate of drug-likeness (QED) is 0.728. The molecule has 3 nitrogen and oxygen atoms in total. The lowest BCUT2D eigenvalue weighted by Crippen LogP contribution is -2.41. The van der Waals surface area contributed by atoms with E-state index >= 15 is 0 Å². The summed E-state index contributed by atoms with van der Waals surface area (Å²) in [6.07, 6.45) is 0.741. The minimum absolute atomic E-state index is 0.0876. The van der Waals surface area contributed by atoms with Crippen molar-refractivity contribution < 1.29 is 21.6 Å². The van der Waals surface area contributed by atoms with E-state index in [1.165, 1.54) is 0 Å². The first-order valence-electron chi connectivity index (χ1n) is 4.33. The Labute approximate surface area is 81.9 Å². The average Bonchev–Trinajstić information content (AvgIpc) is 2.02. The normalized spacial score (nSPS) is 13.6. The number of rotatable bonds is 5. The molecule has 0 amide bonds. The lowest BCUT2D eigenvalue weighted by atomic mass is 10.4. The molecule has 0 saturated heterocycles. The lowest BCUT2D eigenvalue weighted by molar-refractivity contribution is -0.0489. The molecule has 0 heterocycles. The second-order valence-corrected chi connectivity index (χ2v) is 4.78. The van der Waals surface area contributed by atoms with Crippen LogP contribution in [-0.4, -0.2) is 31.3 Å². The first-order valence-corrected chi connectivity index (χ1v) is 5.77. The molecule has 0 aromatic heterocycles. The highest BCUT2D eigenvalue weighted by molar-refractivity contribution is 7.89. The molecule has 7 heteroatoms. The molecular formula is C7H14F3NO2S. The maximum absolute atomic E-state index is 12.1. The Kier molecular flexibility index (Phi) is 4.87. The fraction of sp³-hybridized carbons (Fsp3) is 1.00. The first-order chi connectivity index (χ1) is 6.27. The van der Waals surface area contributed by atoms with Gasteiger partial charge in [-0.2, -0.15) is 17.5 Å². The minimum Gasteiger partial charge on any atom is -0.203 e. The molecule has 0 aliphatic rings. The highest BCUT2D eigenvalue weighted by Crippen LogP contribution is 2.26. The van der Waals surface area contributed by atoms with Crippen molar-refractivity contribution in [1.29, 1.82) is 0 Å². The van der Waals surface area contributed by atoms with E-state index in [9.17, 15) is 21.6 Å². The Balaban J connectivity index is 4.81. The van der Waals surface area contributed by atoms with Crippen LogP contribution < -0.4 is 0 Å². The van der Waals surface area contributed by atoms with Crippen molar-refractivity contribution in [3.63, 3.8) is 0 Å². The van der Waals surface area contributed by atoms with Crippen molar-refractivity contribution in [3.05, 3.63) is 0 Å². The monoisotopic (exact) mass is 233 g/mol. The number of alkyl halides is 3. The minimum atomic E-state index is -5.18. The molecule has 0 spiro atoms. The highest BCUT2D eigenvalue weighted by atomic mass is 32.2. The van der Waals surface area contributed by atoms with E-state index in [1.807, 2.05) is 0 Å². The van der Waals surface area contributed by atoms with Crippen molar-refractivity contribution in [2.75, 3.05) is 13.1 Å². The van der Waals surface area contributed by atoms with E-state index in [0.29, 0.717) is 17.1 Å². The molecule has 0 fully saturated rings. The van der Waals surface area contributed by atoms with Gasteiger partial charge in [0.2, 0.25) is 0 Å². The Hall–Kier alpha value is -0.300. The van der Waals surface area contributed by atoms with Gasteiger partial charge in [0, 0.05) is 13.1 Å². The van der Waals surface area contributed by atoms with E-state index in [2.05, 4.69) is 0 Å². The van der Waals surface area contributed by atoms with E-state index < -0.39 is 15.5 Å². The standard InChI is InChI=1S/C7H14F3NO2S/c1-3-5-11(6-4-2)14(12,13)7(8,9)10/h3-6H2,1-2H3. The largest absolute Gasteiger partial charge is 0.511 e. The molecule has 0 N–H and O–H groups in total. The van der Waals surface area contributed by atoms with Gasteiger partial charge in [0.1, 0.15) is 0 Å². The number of nitrogens with zero attached hydrogens (tertiary/aromatic N) is 1. The molecule has 0 aromatic carbocycles. The van der Waals surface area contributed by atoms with Crippen LogP contribution in [0.15, 0.2) is 0 Å². The third-order valence-corrected chi connectivity index (χ3v) is 3.21. The zero-order valence-corrected chi connectivity index (χ0v) is 8.95. The second kappa shape index (κ2) is 4.97. The van der Waals surface area contributed by atoms with Crippen LogP contribution in [0, 0.1) is 0 Å². The van der Waals surface area contributed by atoms with Crippen LogP contribution in [0.3, 0.4) is 0 Å². The van der Waals surface area contributed by atoms with Gasteiger partial charge in [-0.3, -0.25) is 0 Å². The molecule has 0 unspecified atom stereocenters. The molecule has 0 saturated carbocycles. The summed E-state index contributed by atoms with van der Waals surface area (Å²) < 4.78 is 58.6. The van der Waals surface area contributed by atoms with Gasteiger partial charge in [0.25, 0.3) is 0 Å². The van der Waals surface area contributed by atoms with E-state index in [4.69, 9.17) is 0 Å². The zero-order chi connectivity index (χ0) is 11.4.